The van der Waals surface area contributed by atoms with Gasteiger partial charge in [-0.05, 0) is 74.9 Å². The number of hydrogen-bond acceptors (Lipinski definition) is 5. The van der Waals surface area contributed by atoms with Crippen LogP contribution in [0.15, 0.2) is 30.3 Å². The van der Waals surface area contributed by atoms with Gasteiger partial charge in [0.1, 0.15) is 0 Å². The van der Waals surface area contributed by atoms with E-state index in [-0.39, 0.29) is 5.92 Å². The fourth-order valence-corrected chi connectivity index (χ4v) is 6.51. The second-order valence-corrected chi connectivity index (χ2v) is 10.7. The molecule has 1 aromatic heterocycles. The van der Waals surface area contributed by atoms with Crippen LogP contribution in [0.4, 0.5) is 10.8 Å². The summed E-state index contributed by atoms with van der Waals surface area (Å²) >= 11 is 1.78. The highest BCUT2D eigenvalue weighted by Gasteiger charge is 2.31. The van der Waals surface area contributed by atoms with Gasteiger partial charge >= 0.3 is 0 Å². The Bertz CT molecular complexity index is 1170. The Balaban J connectivity index is 1.18. The molecule has 0 N–H and O–H groups in total. The maximum Gasteiger partial charge on any atom is 0.225 e. The molecule has 2 fully saturated rings. The number of piperidine rings is 1. The lowest BCUT2D eigenvalue weighted by Gasteiger charge is -2.40. The molecule has 2 aliphatic heterocycles. The van der Waals surface area contributed by atoms with Crippen LogP contribution in [-0.4, -0.2) is 55.1 Å². The normalized spacial score (nSPS) is 17.8. The molecule has 6 heteroatoms. The van der Waals surface area contributed by atoms with Gasteiger partial charge in [0.25, 0.3) is 0 Å². The summed E-state index contributed by atoms with van der Waals surface area (Å²) in [5, 5.41) is 1.10. The number of aryl methyl sites for hydroxylation is 3. The number of thiazole rings is 1. The predicted octanol–water partition coefficient (Wildman–Crippen LogP) is 5.10. The van der Waals surface area contributed by atoms with Gasteiger partial charge in [-0.25, -0.2) is 4.98 Å². The number of fused-ring (bicyclic) bond motifs is 1. The number of nitrogens with zero attached hydrogens (tertiary/aromatic N) is 4. The van der Waals surface area contributed by atoms with Crippen LogP contribution in [0.5, 0.6) is 0 Å². The third-order valence-corrected chi connectivity index (χ3v) is 8.50. The number of benzene rings is 2. The predicted molar refractivity (Wildman–Crippen MR) is 139 cm³/mol. The molecule has 3 heterocycles. The monoisotopic (exact) mass is 462 g/mol. The fraction of sp³-hybridized carbons (Fsp3) is 0.481. The van der Waals surface area contributed by atoms with E-state index in [0.717, 1.165) is 62.8 Å². The average molecular weight is 463 g/mol. The minimum absolute atomic E-state index is 0.145. The average Bonchev–Trinajstić information content (AvgIpc) is 3.25. The first kappa shape index (κ1) is 22.2. The van der Waals surface area contributed by atoms with Crippen molar-refractivity contribution in [3.05, 3.63) is 52.6 Å². The summed E-state index contributed by atoms with van der Waals surface area (Å²) in [6, 6.07) is 11.0. The van der Waals surface area contributed by atoms with Crippen molar-refractivity contribution in [3.8, 4) is 0 Å². The molecular formula is C27H34N4OS. The first-order valence-corrected chi connectivity index (χ1v) is 12.9. The molecule has 0 spiro atoms. The molecule has 0 aliphatic carbocycles. The van der Waals surface area contributed by atoms with Gasteiger partial charge in [0.15, 0.2) is 5.13 Å². The van der Waals surface area contributed by atoms with Crippen molar-refractivity contribution in [1.29, 1.82) is 0 Å². The molecule has 33 heavy (non-hydrogen) atoms. The third-order valence-electron chi connectivity index (χ3n) is 7.44. The number of carbonyl (C=O) groups excluding carboxylic acids is 1. The van der Waals surface area contributed by atoms with Crippen LogP contribution >= 0.6 is 11.3 Å². The zero-order valence-corrected chi connectivity index (χ0v) is 21.0. The Hall–Kier alpha value is -2.60. The topological polar surface area (TPSA) is 39.7 Å². The number of anilines is 2. The van der Waals surface area contributed by atoms with Crippen LogP contribution < -0.4 is 9.80 Å². The number of rotatable bonds is 3. The summed E-state index contributed by atoms with van der Waals surface area (Å²) in [6.45, 7) is 14.0. The molecule has 5 nitrogen and oxygen atoms in total. The number of aromatic nitrogens is 1. The number of carbonyl (C=O) groups is 1. The zero-order valence-electron chi connectivity index (χ0n) is 20.2. The number of amides is 1. The highest BCUT2D eigenvalue weighted by Crippen LogP contribution is 2.34. The molecule has 2 aromatic carbocycles. The van der Waals surface area contributed by atoms with Gasteiger partial charge in [-0.3, -0.25) is 4.79 Å². The highest BCUT2D eigenvalue weighted by molar-refractivity contribution is 7.22. The van der Waals surface area contributed by atoms with Crippen molar-refractivity contribution in [3.63, 3.8) is 0 Å². The lowest BCUT2D eigenvalue weighted by atomic mass is 9.95. The SMILES string of the molecule is Cc1cc(C)c2nc(N3CCC(C(=O)N4CCN(c5cccc(C)c5C)CC4)CC3)sc2c1. The summed E-state index contributed by atoms with van der Waals surface area (Å²) in [5.74, 6) is 0.498. The molecular weight excluding hydrogens is 428 g/mol. The van der Waals surface area contributed by atoms with Crippen LogP contribution in [0.3, 0.4) is 0 Å². The van der Waals surface area contributed by atoms with E-state index in [9.17, 15) is 4.79 Å². The lowest BCUT2D eigenvalue weighted by molar-refractivity contribution is -0.136. The van der Waals surface area contributed by atoms with Gasteiger partial charge in [-0.2, -0.15) is 0 Å². The van der Waals surface area contributed by atoms with Crippen LogP contribution in [0.1, 0.15) is 35.1 Å². The van der Waals surface area contributed by atoms with E-state index in [4.69, 9.17) is 4.98 Å². The molecule has 2 aliphatic rings. The third kappa shape index (κ3) is 4.33. The number of hydrogen-bond donors (Lipinski definition) is 0. The van der Waals surface area contributed by atoms with E-state index >= 15 is 0 Å². The van der Waals surface area contributed by atoms with E-state index in [1.54, 1.807) is 11.3 Å². The summed E-state index contributed by atoms with van der Waals surface area (Å²) in [6.07, 6.45) is 1.84. The maximum atomic E-state index is 13.3. The summed E-state index contributed by atoms with van der Waals surface area (Å²) in [7, 11) is 0. The molecule has 0 saturated carbocycles. The Morgan fingerprint density at radius 2 is 1.64 bits per heavy atom. The molecule has 3 aromatic rings. The van der Waals surface area contributed by atoms with Crippen LogP contribution in [-0.2, 0) is 4.79 Å². The summed E-state index contributed by atoms with van der Waals surface area (Å²) in [5.41, 5.74) is 7.66. The molecule has 2 saturated heterocycles. The fourth-order valence-electron chi connectivity index (χ4n) is 5.32. The van der Waals surface area contributed by atoms with Crippen LogP contribution in [0.2, 0.25) is 0 Å². The van der Waals surface area contributed by atoms with Crippen molar-refractivity contribution in [2.24, 2.45) is 5.92 Å². The second-order valence-electron chi connectivity index (χ2n) is 9.72. The van der Waals surface area contributed by atoms with Crippen molar-refractivity contribution in [1.82, 2.24) is 9.88 Å². The minimum atomic E-state index is 0.145. The van der Waals surface area contributed by atoms with Crippen LogP contribution in [0.25, 0.3) is 10.2 Å². The summed E-state index contributed by atoms with van der Waals surface area (Å²) in [4.78, 5) is 25.1. The Kier molecular flexibility index (Phi) is 6.04. The van der Waals surface area contributed by atoms with Gasteiger partial charge in [0.2, 0.25) is 5.91 Å². The molecule has 174 valence electrons. The second kappa shape index (κ2) is 8.98. The van der Waals surface area contributed by atoms with Crippen molar-refractivity contribution in [2.45, 2.75) is 40.5 Å². The maximum absolute atomic E-state index is 13.3. The molecule has 0 bridgehead atoms. The number of piperazine rings is 1. The Morgan fingerprint density at radius 1 is 0.909 bits per heavy atom. The quantitative estimate of drug-likeness (QED) is 0.543. The van der Waals surface area contributed by atoms with Crippen molar-refractivity contribution < 1.29 is 4.79 Å². The first-order chi connectivity index (χ1) is 15.9. The zero-order chi connectivity index (χ0) is 23.1. The summed E-state index contributed by atoms with van der Waals surface area (Å²) < 4.78 is 1.27. The molecule has 5 rings (SSSR count). The van der Waals surface area contributed by atoms with E-state index < -0.39 is 0 Å². The standard InChI is InChI=1S/C27H34N4OS/c1-18-16-20(3)25-24(17-18)33-27(28-25)31-10-8-22(9-11-31)26(32)30-14-12-29(13-15-30)23-7-5-6-19(2)21(23)4/h5-7,16-17,22H,8-15H2,1-4H3. The van der Waals surface area contributed by atoms with E-state index in [2.05, 4.69) is 72.7 Å². The Labute approximate surface area is 201 Å². The molecule has 0 unspecified atom stereocenters. The van der Waals surface area contributed by atoms with Gasteiger partial charge in [-0.1, -0.05) is 29.5 Å². The van der Waals surface area contributed by atoms with Gasteiger partial charge < -0.3 is 14.7 Å². The minimum Gasteiger partial charge on any atom is -0.368 e. The Morgan fingerprint density at radius 3 is 2.36 bits per heavy atom. The van der Waals surface area contributed by atoms with Gasteiger partial charge in [0, 0.05) is 50.9 Å². The van der Waals surface area contributed by atoms with E-state index in [0.29, 0.717) is 5.91 Å². The molecule has 1 amide bonds. The first-order valence-electron chi connectivity index (χ1n) is 12.1. The van der Waals surface area contributed by atoms with Crippen molar-refractivity contribution in [2.75, 3.05) is 49.1 Å². The largest absolute Gasteiger partial charge is 0.368 e. The molecule has 0 radical (unpaired) electrons. The van der Waals surface area contributed by atoms with Gasteiger partial charge in [0.05, 0.1) is 10.2 Å². The van der Waals surface area contributed by atoms with Gasteiger partial charge in [-0.15, -0.1) is 0 Å². The lowest BCUT2D eigenvalue weighted by Crippen LogP contribution is -2.51. The molecule has 0 atom stereocenters. The smallest absolute Gasteiger partial charge is 0.225 e. The highest BCUT2D eigenvalue weighted by atomic mass is 32.1. The van der Waals surface area contributed by atoms with E-state index in [1.165, 1.54) is 32.6 Å². The van der Waals surface area contributed by atoms with Crippen molar-refractivity contribution >= 4 is 38.3 Å². The van der Waals surface area contributed by atoms with E-state index in [1.807, 2.05) is 0 Å². The van der Waals surface area contributed by atoms with Crippen LogP contribution in [0, 0.1) is 33.6 Å².